The third-order valence-electron chi connectivity index (χ3n) is 1.61. The molecule has 0 spiro atoms. The number of carbonyl (C=O) groups is 1. The summed E-state index contributed by atoms with van der Waals surface area (Å²) in [6.45, 7) is 0. The molecular formula is C8H11ClN2O3. The van der Waals surface area contributed by atoms with Gasteiger partial charge in [-0.2, -0.15) is 4.73 Å². The van der Waals surface area contributed by atoms with Gasteiger partial charge in [-0.05, 0) is 6.07 Å². The van der Waals surface area contributed by atoms with Gasteiger partial charge in [0.1, 0.15) is 6.04 Å². The fraction of sp³-hybridized carbons (Fsp3) is 0.250. The Kier molecular flexibility index (Phi) is 4.90. The molecule has 0 bridgehead atoms. The van der Waals surface area contributed by atoms with Crippen LogP contribution in [0.5, 0.6) is 0 Å². The van der Waals surface area contributed by atoms with Crippen molar-refractivity contribution in [1.82, 2.24) is 0 Å². The van der Waals surface area contributed by atoms with E-state index in [4.69, 9.17) is 10.8 Å². The van der Waals surface area contributed by atoms with E-state index < -0.39 is 12.0 Å². The van der Waals surface area contributed by atoms with Gasteiger partial charge >= 0.3 is 5.97 Å². The Morgan fingerprint density at radius 2 is 2.36 bits per heavy atom. The maximum atomic E-state index is 10.8. The first-order valence-corrected chi connectivity index (χ1v) is 3.75. The Morgan fingerprint density at radius 1 is 1.71 bits per heavy atom. The molecule has 1 aromatic heterocycles. The molecule has 0 aliphatic carbocycles. The number of halogens is 1. The van der Waals surface area contributed by atoms with Gasteiger partial charge in [-0.15, -0.1) is 12.4 Å². The van der Waals surface area contributed by atoms with Crippen molar-refractivity contribution in [1.29, 1.82) is 0 Å². The monoisotopic (exact) mass is 218 g/mol. The smallest absolute Gasteiger partial charge is 0.320 e. The van der Waals surface area contributed by atoms with Crippen LogP contribution in [0, 0.1) is 5.21 Å². The molecule has 0 aliphatic heterocycles. The number of carboxylic acids is 1. The molecule has 1 unspecified atom stereocenters. The SMILES string of the molecule is Cl.NC(Cc1ccc[n+]([O-])c1)C(=O)O. The number of hydrogen-bond acceptors (Lipinski definition) is 3. The van der Waals surface area contributed by atoms with Crippen molar-refractivity contribution in [2.24, 2.45) is 5.73 Å². The van der Waals surface area contributed by atoms with Gasteiger partial charge in [0.2, 0.25) is 0 Å². The van der Waals surface area contributed by atoms with Crippen LogP contribution in [0.3, 0.4) is 0 Å². The molecule has 14 heavy (non-hydrogen) atoms. The minimum absolute atomic E-state index is 0. The molecule has 1 rings (SSSR count). The topological polar surface area (TPSA) is 90.3 Å². The van der Waals surface area contributed by atoms with Crippen molar-refractivity contribution in [2.45, 2.75) is 12.5 Å². The zero-order valence-electron chi connectivity index (χ0n) is 7.29. The quantitative estimate of drug-likeness (QED) is 0.538. The summed E-state index contributed by atoms with van der Waals surface area (Å²) in [6, 6.07) is 2.26. The van der Waals surface area contributed by atoms with Crippen molar-refractivity contribution in [3.8, 4) is 0 Å². The zero-order valence-corrected chi connectivity index (χ0v) is 8.11. The van der Waals surface area contributed by atoms with Crippen molar-refractivity contribution < 1.29 is 14.6 Å². The molecule has 0 aromatic carbocycles. The molecule has 0 saturated carbocycles. The first-order chi connectivity index (χ1) is 6.09. The second-order valence-electron chi connectivity index (χ2n) is 2.72. The largest absolute Gasteiger partial charge is 0.619 e. The number of nitrogens with zero attached hydrogens (tertiary/aromatic N) is 1. The molecular weight excluding hydrogens is 208 g/mol. The van der Waals surface area contributed by atoms with Crippen LogP contribution < -0.4 is 10.5 Å². The van der Waals surface area contributed by atoms with Gasteiger partial charge in [0, 0.05) is 18.1 Å². The van der Waals surface area contributed by atoms with Crippen molar-refractivity contribution in [2.75, 3.05) is 0 Å². The maximum absolute atomic E-state index is 10.8. The second kappa shape index (κ2) is 5.41. The van der Waals surface area contributed by atoms with Gasteiger partial charge in [0.15, 0.2) is 12.4 Å². The number of pyridine rings is 1. The molecule has 0 fully saturated rings. The summed E-state index contributed by atoms with van der Waals surface area (Å²) in [5, 5.41) is 19.3. The molecule has 0 aliphatic rings. The lowest BCUT2D eigenvalue weighted by atomic mass is 10.1. The summed E-state index contributed by atoms with van der Waals surface area (Å²) < 4.78 is 0.615. The van der Waals surface area contributed by atoms with Gasteiger partial charge in [0.05, 0.1) is 0 Å². The van der Waals surface area contributed by atoms with Gasteiger partial charge in [-0.3, -0.25) is 4.79 Å². The molecule has 78 valence electrons. The molecule has 1 atom stereocenters. The molecule has 1 aromatic rings. The number of hydrogen-bond donors (Lipinski definition) is 2. The van der Waals surface area contributed by atoms with E-state index in [2.05, 4.69) is 0 Å². The highest BCUT2D eigenvalue weighted by Crippen LogP contribution is 1.98. The van der Waals surface area contributed by atoms with E-state index in [0.717, 1.165) is 0 Å². The van der Waals surface area contributed by atoms with Crippen LogP contribution in [0.4, 0.5) is 0 Å². The number of carboxylic acid groups (broad SMARTS) is 1. The minimum Gasteiger partial charge on any atom is -0.619 e. The van der Waals surface area contributed by atoms with E-state index in [1.165, 1.54) is 12.4 Å². The van der Waals surface area contributed by atoms with Crippen molar-refractivity contribution in [3.63, 3.8) is 0 Å². The van der Waals surface area contributed by atoms with E-state index in [1.807, 2.05) is 0 Å². The highest BCUT2D eigenvalue weighted by molar-refractivity contribution is 5.85. The van der Waals surface area contributed by atoms with Crippen LogP contribution in [0.1, 0.15) is 5.56 Å². The molecule has 0 radical (unpaired) electrons. The first-order valence-electron chi connectivity index (χ1n) is 3.75. The van der Waals surface area contributed by atoms with E-state index in [9.17, 15) is 10.0 Å². The number of aliphatic carboxylic acids is 1. The lowest BCUT2D eigenvalue weighted by Crippen LogP contribution is -2.33. The summed E-state index contributed by atoms with van der Waals surface area (Å²) in [6.07, 6.45) is 2.80. The number of nitrogens with two attached hydrogens (primary N) is 1. The number of rotatable bonds is 3. The van der Waals surface area contributed by atoms with Gasteiger partial charge in [-0.25, -0.2) is 0 Å². The Morgan fingerprint density at radius 3 is 2.86 bits per heavy atom. The molecule has 0 amide bonds. The first kappa shape index (κ1) is 12.7. The predicted octanol–water partition coefficient (Wildman–Crippen LogP) is -0.304. The van der Waals surface area contributed by atoms with E-state index in [1.54, 1.807) is 12.1 Å². The van der Waals surface area contributed by atoms with E-state index >= 15 is 0 Å². The average molecular weight is 219 g/mol. The summed E-state index contributed by atoms with van der Waals surface area (Å²) in [5.41, 5.74) is 5.91. The summed E-state index contributed by atoms with van der Waals surface area (Å²) >= 11 is 0. The standard InChI is InChI=1S/C8H10N2O3.ClH/c9-7(8(11)12)4-6-2-1-3-10(13)5-6;/h1-3,5,7H,4,9H2,(H,11,12);1H. The molecule has 5 nitrogen and oxygen atoms in total. The summed E-state index contributed by atoms with van der Waals surface area (Å²) in [4.78, 5) is 10.4. The minimum atomic E-state index is -1.07. The van der Waals surface area contributed by atoms with Crippen LogP contribution in [-0.4, -0.2) is 17.1 Å². The average Bonchev–Trinajstić information content (AvgIpc) is 2.04. The molecule has 1 heterocycles. The highest BCUT2D eigenvalue weighted by atomic mass is 35.5. The highest BCUT2D eigenvalue weighted by Gasteiger charge is 2.12. The van der Waals surface area contributed by atoms with E-state index in [0.29, 0.717) is 10.3 Å². The molecule has 6 heteroatoms. The molecule has 3 N–H and O–H groups in total. The Labute approximate surface area is 87.2 Å². The van der Waals surface area contributed by atoms with Crippen LogP contribution in [0.25, 0.3) is 0 Å². The lowest BCUT2D eigenvalue weighted by molar-refractivity contribution is -0.605. The fourth-order valence-electron chi connectivity index (χ4n) is 0.963. The van der Waals surface area contributed by atoms with Crippen LogP contribution in [0.2, 0.25) is 0 Å². The Bertz CT molecular complexity index is 319. The fourth-order valence-corrected chi connectivity index (χ4v) is 0.963. The summed E-state index contributed by atoms with van der Waals surface area (Å²) in [7, 11) is 0. The summed E-state index contributed by atoms with van der Waals surface area (Å²) in [5.74, 6) is -1.07. The predicted molar refractivity (Wildman–Crippen MR) is 52.0 cm³/mol. The van der Waals surface area contributed by atoms with Crippen LogP contribution in [-0.2, 0) is 11.2 Å². The lowest BCUT2D eigenvalue weighted by Gasteiger charge is -2.05. The van der Waals surface area contributed by atoms with Crippen molar-refractivity contribution >= 4 is 18.4 Å². The Balaban J connectivity index is 0.00000169. The van der Waals surface area contributed by atoms with Gasteiger partial charge < -0.3 is 16.0 Å². The normalized spacial score (nSPS) is 11.5. The zero-order chi connectivity index (χ0) is 9.84. The van der Waals surface area contributed by atoms with E-state index in [-0.39, 0.29) is 18.8 Å². The molecule has 0 saturated heterocycles. The van der Waals surface area contributed by atoms with Crippen molar-refractivity contribution in [3.05, 3.63) is 35.3 Å². The van der Waals surface area contributed by atoms with Crippen LogP contribution in [0.15, 0.2) is 24.5 Å². The van der Waals surface area contributed by atoms with Gasteiger partial charge in [-0.1, -0.05) is 0 Å². The third kappa shape index (κ3) is 3.59. The second-order valence-corrected chi connectivity index (χ2v) is 2.72. The van der Waals surface area contributed by atoms with Gasteiger partial charge in [0.25, 0.3) is 0 Å². The Hall–Kier alpha value is -1.33. The maximum Gasteiger partial charge on any atom is 0.320 e. The van der Waals surface area contributed by atoms with Crippen LogP contribution >= 0.6 is 12.4 Å². The third-order valence-corrected chi connectivity index (χ3v) is 1.61. The number of aromatic nitrogens is 1.